The summed E-state index contributed by atoms with van der Waals surface area (Å²) >= 11 is 25.8. The third-order valence-corrected chi connectivity index (χ3v) is 8.69. The average molecular weight is 614 g/mol. The van der Waals surface area contributed by atoms with Gasteiger partial charge in [-0.3, -0.25) is 0 Å². The van der Waals surface area contributed by atoms with Gasteiger partial charge in [-0.2, -0.15) is 0 Å². The van der Waals surface area contributed by atoms with E-state index in [1.54, 1.807) is 72.8 Å². The molecule has 4 aromatic carbocycles. The fourth-order valence-electron chi connectivity index (χ4n) is 5.25. The van der Waals surface area contributed by atoms with E-state index in [9.17, 15) is 9.59 Å². The summed E-state index contributed by atoms with van der Waals surface area (Å²) < 4.78 is 12.4. The highest BCUT2D eigenvalue weighted by molar-refractivity contribution is 6.42. The van der Waals surface area contributed by atoms with Crippen molar-refractivity contribution >= 4 is 58.3 Å². The Morgan fingerprint density at radius 1 is 0.600 bits per heavy atom. The number of carbonyl (C=O) groups excluding carboxylic acids is 2. The van der Waals surface area contributed by atoms with Crippen molar-refractivity contribution in [3.05, 3.63) is 138 Å². The van der Waals surface area contributed by atoms with Crippen LogP contribution in [0.3, 0.4) is 0 Å². The van der Waals surface area contributed by atoms with Crippen LogP contribution < -0.4 is 0 Å². The Morgan fingerprint density at radius 2 is 1.02 bits per heavy atom. The molecular weight excluding hydrogens is 590 g/mol. The second kappa shape index (κ2) is 11.8. The zero-order valence-electron chi connectivity index (χ0n) is 21.5. The predicted molar refractivity (Wildman–Crippen MR) is 159 cm³/mol. The first-order valence-electron chi connectivity index (χ1n) is 12.6. The van der Waals surface area contributed by atoms with E-state index in [2.05, 4.69) is 0 Å². The van der Waals surface area contributed by atoms with Gasteiger partial charge in [-0.05, 0) is 77.7 Å². The van der Waals surface area contributed by atoms with Crippen LogP contribution in [0.1, 0.15) is 61.7 Å². The zero-order chi connectivity index (χ0) is 28.6. The van der Waals surface area contributed by atoms with Gasteiger partial charge in [-0.15, -0.1) is 0 Å². The molecule has 0 heterocycles. The van der Waals surface area contributed by atoms with Crippen molar-refractivity contribution in [2.45, 2.75) is 37.9 Å². The number of halogens is 4. The van der Waals surface area contributed by atoms with Crippen LogP contribution in [0.2, 0.25) is 20.1 Å². The fraction of sp³-hybridized carbons (Fsp3) is 0.188. The number of rotatable bonds is 5. The van der Waals surface area contributed by atoms with E-state index in [4.69, 9.17) is 55.9 Å². The Kier molecular flexibility index (Phi) is 8.44. The largest absolute Gasteiger partial charge is 0.454 e. The fourth-order valence-corrected chi connectivity index (χ4v) is 5.98. The van der Waals surface area contributed by atoms with E-state index >= 15 is 0 Å². The van der Waals surface area contributed by atoms with Crippen LogP contribution in [0.15, 0.2) is 84.9 Å². The van der Waals surface area contributed by atoms with Crippen LogP contribution in [0.5, 0.6) is 0 Å². The molecule has 4 atom stereocenters. The highest BCUT2D eigenvalue weighted by Crippen LogP contribution is 2.49. The van der Waals surface area contributed by atoms with Crippen LogP contribution in [-0.4, -0.2) is 24.1 Å². The number of benzene rings is 4. The highest BCUT2D eigenvalue weighted by atomic mass is 35.5. The summed E-state index contributed by atoms with van der Waals surface area (Å²) in [5, 5.41) is 1.45. The van der Waals surface area contributed by atoms with Crippen molar-refractivity contribution in [3.63, 3.8) is 0 Å². The van der Waals surface area contributed by atoms with Crippen LogP contribution >= 0.6 is 46.4 Å². The molecule has 0 saturated carbocycles. The first kappa shape index (κ1) is 28.5. The Bertz CT molecular complexity index is 1570. The number of aryl methyl sites for hydroxylation is 1. The van der Waals surface area contributed by atoms with Crippen LogP contribution in [0, 0.1) is 6.92 Å². The van der Waals surface area contributed by atoms with E-state index < -0.39 is 36.0 Å². The number of esters is 2. The quantitative estimate of drug-likeness (QED) is 0.210. The second-order valence-corrected chi connectivity index (χ2v) is 11.4. The maximum Gasteiger partial charge on any atom is 0.338 e. The first-order valence-corrected chi connectivity index (χ1v) is 14.1. The molecule has 4 nitrogen and oxygen atoms in total. The number of fused-ring (bicyclic) bond motifs is 1. The summed E-state index contributed by atoms with van der Waals surface area (Å²) in [6.07, 6.45) is -1.81. The topological polar surface area (TPSA) is 52.6 Å². The maximum atomic E-state index is 13.5. The molecule has 0 aromatic heterocycles. The molecule has 0 N–H and O–H groups in total. The van der Waals surface area contributed by atoms with Crippen molar-refractivity contribution in [2.24, 2.45) is 0 Å². The molecule has 5 rings (SSSR count). The molecular formula is C32H24Cl4O4. The monoisotopic (exact) mass is 612 g/mol. The smallest absolute Gasteiger partial charge is 0.338 e. The predicted octanol–water partition coefficient (Wildman–Crippen LogP) is 9.31. The van der Waals surface area contributed by atoms with Gasteiger partial charge < -0.3 is 9.47 Å². The SMILES string of the molecule is Cc1cc(Cl)c(Cl)cc1C1c2cc(Cl)c(Cl)cc2C(C)C(OC(=O)c2ccccc2)C1OC(=O)c1ccccc1. The lowest BCUT2D eigenvalue weighted by molar-refractivity contribution is -0.0532. The van der Waals surface area contributed by atoms with Crippen LogP contribution in [0.25, 0.3) is 0 Å². The summed E-state index contributed by atoms with van der Waals surface area (Å²) in [6, 6.07) is 24.4. The minimum Gasteiger partial charge on any atom is -0.454 e. The maximum absolute atomic E-state index is 13.5. The van der Waals surface area contributed by atoms with Crippen molar-refractivity contribution in [2.75, 3.05) is 0 Å². The lowest BCUT2D eigenvalue weighted by Gasteiger charge is -2.43. The number of ether oxygens (including phenoxy) is 2. The molecule has 0 radical (unpaired) electrons. The first-order chi connectivity index (χ1) is 19.2. The minimum atomic E-state index is -0.934. The summed E-state index contributed by atoms with van der Waals surface area (Å²) in [4.78, 5) is 26.8. The number of hydrogen-bond acceptors (Lipinski definition) is 4. The van der Waals surface area contributed by atoms with Crippen molar-refractivity contribution in [3.8, 4) is 0 Å². The van der Waals surface area contributed by atoms with Crippen LogP contribution in [0.4, 0.5) is 0 Å². The van der Waals surface area contributed by atoms with Gasteiger partial charge in [0.15, 0.2) is 6.10 Å². The van der Waals surface area contributed by atoms with E-state index in [1.165, 1.54) is 0 Å². The molecule has 0 fully saturated rings. The van der Waals surface area contributed by atoms with Crippen molar-refractivity contribution < 1.29 is 19.1 Å². The Hall–Kier alpha value is -3.02. The van der Waals surface area contributed by atoms with Gasteiger partial charge in [0.05, 0.1) is 37.1 Å². The van der Waals surface area contributed by atoms with Crippen molar-refractivity contribution in [1.29, 1.82) is 0 Å². The van der Waals surface area contributed by atoms with E-state index in [-0.39, 0.29) is 0 Å². The normalized spacial score (nSPS) is 19.9. The molecule has 4 aromatic rings. The van der Waals surface area contributed by atoms with Crippen LogP contribution in [-0.2, 0) is 9.47 Å². The molecule has 0 amide bonds. The van der Waals surface area contributed by atoms with Gasteiger partial charge in [0.1, 0.15) is 6.10 Å². The molecule has 0 spiro atoms. The molecule has 8 heteroatoms. The van der Waals surface area contributed by atoms with Gasteiger partial charge in [-0.1, -0.05) is 89.7 Å². The molecule has 0 bridgehead atoms. The average Bonchev–Trinajstić information content (AvgIpc) is 2.95. The molecule has 0 saturated heterocycles. The molecule has 1 aliphatic carbocycles. The summed E-state index contributed by atoms with van der Waals surface area (Å²) in [5.41, 5.74) is 3.94. The molecule has 204 valence electrons. The Labute approximate surface area is 252 Å². The minimum absolute atomic E-state index is 0.341. The van der Waals surface area contributed by atoms with Gasteiger partial charge in [0.25, 0.3) is 0 Å². The molecule has 4 unspecified atom stereocenters. The third-order valence-electron chi connectivity index (χ3n) is 7.25. The standard InChI is InChI=1S/C32H24Cl4O4/c1-17-13-24(33)25(34)14-21(17)28-23-16-27(36)26(35)15-22(23)18(2)29(39-31(37)19-9-5-3-6-10-19)30(28)40-32(38)20-11-7-4-8-12-20/h3-16,18,28-30H,1-2H3. The highest BCUT2D eigenvalue weighted by Gasteiger charge is 2.47. The molecule has 40 heavy (non-hydrogen) atoms. The van der Waals surface area contributed by atoms with Gasteiger partial charge in [0.2, 0.25) is 0 Å². The van der Waals surface area contributed by atoms with E-state index in [1.807, 2.05) is 26.0 Å². The van der Waals surface area contributed by atoms with Gasteiger partial charge >= 0.3 is 11.9 Å². The zero-order valence-corrected chi connectivity index (χ0v) is 24.6. The lowest BCUT2D eigenvalue weighted by atomic mass is 9.70. The molecule has 1 aliphatic rings. The number of hydrogen-bond donors (Lipinski definition) is 0. The van der Waals surface area contributed by atoms with Gasteiger partial charge in [0, 0.05) is 5.92 Å². The third kappa shape index (κ3) is 5.59. The van der Waals surface area contributed by atoms with E-state index in [0.29, 0.717) is 31.2 Å². The van der Waals surface area contributed by atoms with Gasteiger partial charge in [-0.25, -0.2) is 9.59 Å². The second-order valence-electron chi connectivity index (χ2n) is 9.76. The van der Waals surface area contributed by atoms with Crippen molar-refractivity contribution in [1.82, 2.24) is 0 Å². The Morgan fingerprint density at radius 3 is 1.55 bits per heavy atom. The summed E-state index contributed by atoms with van der Waals surface area (Å²) in [5.74, 6) is -2.08. The number of carbonyl (C=O) groups is 2. The Balaban J connectivity index is 1.70. The molecule has 0 aliphatic heterocycles. The van der Waals surface area contributed by atoms with E-state index in [0.717, 1.165) is 22.3 Å². The lowest BCUT2D eigenvalue weighted by Crippen LogP contribution is -2.47. The summed E-state index contributed by atoms with van der Waals surface area (Å²) in [7, 11) is 0. The summed E-state index contributed by atoms with van der Waals surface area (Å²) in [6.45, 7) is 3.81.